The normalized spacial score (nSPS) is 15.9. The van der Waals surface area contributed by atoms with E-state index in [0.717, 1.165) is 0 Å². The highest BCUT2D eigenvalue weighted by Crippen LogP contribution is 2.42. The Morgan fingerprint density at radius 2 is 2.39 bits per heavy atom. The first-order chi connectivity index (χ1) is 8.60. The highest BCUT2D eigenvalue weighted by atomic mass is 19.1. The molecule has 4 nitrogen and oxygen atoms in total. The molecule has 0 saturated heterocycles. The first-order valence-corrected chi connectivity index (χ1v) is 5.72. The van der Waals surface area contributed by atoms with Crippen molar-refractivity contribution in [2.45, 2.75) is 18.5 Å². The Morgan fingerprint density at radius 3 is 2.83 bits per heavy atom. The predicted molar refractivity (Wildman–Crippen MR) is 66.4 cm³/mol. The van der Waals surface area contributed by atoms with Gasteiger partial charge in [-0.25, -0.2) is 9.37 Å². The molecule has 0 bridgehead atoms. The molecule has 0 N–H and O–H groups in total. The molecule has 0 aromatic carbocycles. The summed E-state index contributed by atoms with van der Waals surface area (Å²) in [5.74, 6) is -0.0690. The first kappa shape index (κ1) is 12.5. The highest BCUT2D eigenvalue weighted by Gasteiger charge is 2.52. The van der Waals surface area contributed by atoms with Gasteiger partial charge < -0.3 is 9.64 Å². The van der Waals surface area contributed by atoms with E-state index < -0.39 is 11.6 Å². The minimum absolute atomic E-state index is 0.262. The molecule has 1 amide bonds. The summed E-state index contributed by atoms with van der Waals surface area (Å²) in [5, 5.41) is 0. The average molecular weight is 250 g/mol. The van der Waals surface area contributed by atoms with Gasteiger partial charge in [0.25, 0.3) is 5.91 Å². The number of carbonyl (C=O) groups excluding carboxylic acids is 1. The Morgan fingerprint density at radius 1 is 1.67 bits per heavy atom. The van der Waals surface area contributed by atoms with Crippen LogP contribution in [0, 0.1) is 0 Å². The molecule has 0 radical (unpaired) electrons. The first-order valence-electron chi connectivity index (χ1n) is 5.72. The lowest BCUT2D eigenvalue weighted by Crippen LogP contribution is -2.38. The second-order valence-corrected chi connectivity index (χ2v) is 4.23. The molecule has 1 aliphatic carbocycles. The summed E-state index contributed by atoms with van der Waals surface area (Å²) in [4.78, 5) is 17.4. The number of amides is 1. The molecule has 1 saturated carbocycles. The van der Waals surface area contributed by atoms with Crippen molar-refractivity contribution in [2.24, 2.45) is 0 Å². The van der Waals surface area contributed by atoms with Crippen LogP contribution in [0.4, 0.5) is 10.1 Å². The summed E-state index contributed by atoms with van der Waals surface area (Å²) in [6, 6.07) is 3.31. The molecule has 1 aliphatic rings. The van der Waals surface area contributed by atoms with Crippen molar-refractivity contribution >= 4 is 11.6 Å². The zero-order valence-corrected chi connectivity index (χ0v) is 10.2. The second kappa shape index (κ2) is 4.76. The van der Waals surface area contributed by atoms with Crippen molar-refractivity contribution in [3.8, 4) is 5.88 Å². The predicted octanol–water partition coefficient (Wildman–Crippen LogP) is 2.11. The average Bonchev–Trinajstić information content (AvgIpc) is 3.15. The summed E-state index contributed by atoms with van der Waals surface area (Å²) in [6.07, 6.45) is 3.64. The van der Waals surface area contributed by atoms with Gasteiger partial charge in [-0.2, -0.15) is 0 Å². The maximum atomic E-state index is 13.8. The molecular formula is C13H15FN2O2. The summed E-state index contributed by atoms with van der Waals surface area (Å²) < 4.78 is 18.8. The summed E-state index contributed by atoms with van der Waals surface area (Å²) in [5.41, 5.74) is -1.15. The molecule has 0 atom stereocenters. The third kappa shape index (κ3) is 2.34. The fraction of sp³-hybridized carbons (Fsp3) is 0.385. The Hall–Kier alpha value is -1.91. The molecule has 5 heteroatoms. The van der Waals surface area contributed by atoms with Crippen LogP contribution in [0.2, 0.25) is 0 Å². The van der Waals surface area contributed by atoms with E-state index in [2.05, 4.69) is 11.6 Å². The molecule has 2 rings (SSSR count). The van der Waals surface area contributed by atoms with E-state index in [4.69, 9.17) is 4.74 Å². The molecule has 1 heterocycles. The minimum Gasteiger partial charge on any atom is -0.481 e. The van der Waals surface area contributed by atoms with Crippen molar-refractivity contribution in [3.63, 3.8) is 0 Å². The Balaban J connectivity index is 2.23. The molecule has 0 aliphatic heterocycles. The zero-order chi connectivity index (χ0) is 13.2. The summed E-state index contributed by atoms with van der Waals surface area (Å²) >= 11 is 0. The fourth-order valence-corrected chi connectivity index (χ4v) is 1.65. The van der Waals surface area contributed by atoms with Gasteiger partial charge in [0.1, 0.15) is 0 Å². The van der Waals surface area contributed by atoms with Gasteiger partial charge in [0.05, 0.1) is 19.0 Å². The van der Waals surface area contributed by atoms with Gasteiger partial charge in [-0.3, -0.25) is 4.79 Å². The van der Waals surface area contributed by atoms with Gasteiger partial charge in [-0.1, -0.05) is 6.08 Å². The monoisotopic (exact) mass is 250 g/mol. The highest BCUT2D eigenvalue weighted by molar-refractivity contribution is 6.01. The maximum absolute atomic E-state index is 13.8. The second-order valence-electron chi connectivity index (χ2n) is 4.23. The van der Waals surface area contributed by atoms with E-state index in [1.807, 2.05) is 0 Å². The molecule has 0 spiro atoms. The lowest BCUT2D eigenvalue weighted by atomic mass is 10.2. The minimum atomic E-state index is -1.69. The van der Waals surface area contributed by atoms with Gasteiger partial charge >= 0.3 is 0 Å². The van der Waals surface area contributed by atoms with Gasteiger partial charge in [-0.15, -0.1) is 6.58 Å². The standard InChI is InChI=1S/C13H15FN2O2/c1-3-8-16(12(17)13(14)6-7-13)10-4-5-11(18-2)15-9-10/h3-5,9H,1,6-8H2,2H3. The number of ether oxygens (including phenoxy) is 1. The van der Waals surface area contributed by atoms with Crippen LogP contribution in [0.3, 0.4) is 0 Å². The van der Waals surface area contributed by atoms with Gasteiger partial charge in [0.15, 0.2) is 5.67 Å². The molecular weight excluding hydrogens is 235 g/mol. The van der Waals surface area contributed by atoms with Crippen LogP contribution < -0.4 is 9.64 Å². The number of rotatable bonds is 5. The van der Waals surface area contributed by atoms with Crippen molar-refractivity contribution < 1.29 is 13.9 Å². The number of anilines is 1. The Labute approximate surface area is 105 Å². The number of hydrogen-bond donors (Lipinski definition) is 0. The van der Waals surface area contributed by atoms with Crippen molar-refractivity contribution in [1.82, 2.24) is 4.98 Å². The van der Waals surface area contributed by atoms with Crippen LogP contribution in [0.5, 0.6) is 5.88 Å². The third-order valence-corrected chi connectivity index (χ3v) is 2.87. The third-order valence-electron chi connectivity index (χ3n) is 2.87. The molecule has 0 unspecified atom stereocenters. The fourth-order valence-electron chi connectivity index (χ4n) is 1.65. The van der Waals surface area contributed by atoms with E-state index in [-0.39, 0.29) is 6.54 Å². The number of aromatic nitrogens is 1. The van der Waals surface area contributed by atoms with E-state index in [0.29, 0.717) is 24.4 Å². The van der Waals surface area contributed by atoms with Crippen LogP contribution >= 0.6 is 0 Å². The van der Waals surface area contributed by atoms with Crippen LogP contribution in [0.25, 0.3) is 0 Å². The zero-order valence-electron chi connectivity index (χ0n) is 10.2. The number of pyridine rings is 1. The van der Waals surface area contributed by atoms with Crippen molar-refractivity contribution in [2.75, 3.05) is 18.6 Å². The number of halogens is 1. The Kier molecular flexibility index (Phi) is 3.32. The molecule has 1 aromatic rings. The van der Waals surface area contributed by atoms with Crippen molar-refractivity contribution in [1.29, 1.82) is 0 Å². The van der Waals surface area contributed by atoms with Crippen LogP contribution in [-0.4, -0.2) is 30.2 Å². The topological polar surface area (TPSA) is 42.4 Å². The lowest BCUT2D eigenvalue weighted by Gasteiger charge is -2.22. The molecule has 96 valence electrons. The number of hydrogen-bond acceptors (Lipinski definition) is 3. The van der Waals surface area contributed by atoms with Crippen LogP contribution in [0.15, 0.2) is 31.0 Å². The summed E-state index contributed by atoms with van der Waals surface area (Å²) in [7, 11) is 1.51. The van der Waals surface area contributed by atoms with Crippen LogP contribution in [0.1, 0.15) is 12.8 Å². The molecule has 1 aromatic heterocycles. The number of carbonyl (C=O) groups is 1. The maximum Gasteiger partial charge on any atom is 0.264 e. The van der Waals surface area contributed by atoms with E-state index in [1.54, 1.807) is 18.2 Å². The van der Waals surface area contributed by atoms with E-state index in [1.165, 1.54) is 18.2 Å². The number of methoxy groups -OCH3 is 1. The quantitative estimate of drug-likeness (QED) is 0.752. The number of alkyl halides is 1. The van der Waals surface area contributed by atoms with Gasteiger partial charge in [-0.05, 0) is 18.9 Å². The Bertz CT molecular complexity index is 455. The van der Waals surface area contributed by atoms with Gasteiger partial charge in [0.2, 0.25) is 5.88 Å². The van der Waals surface area contributed by atoms with Crippen molar-refractivity contribution in [3.05, 3.63) is 31.0 Å². The number of nitrogens with zero attached hydrogens (tertiary/aromatic N) is 2. The largest absolute Gasteiger partial charge is 0.481 e. The van der Waals surface area contributed by atoms with Crippen LogP contribution in [-0.2, 0) is 4.79 Å². The van der Waals surface area contributed by atoms with Gasteiger partial charge in [0, 0.05) is 12.6 Å². The molecule has 18 heavy (non-hydrogen) atoms. The summed E-state index contributed by atoms with van der Waals surface area (Å²) in [6.45, 7) is 3.85. The lowest BCUT2D eigenvalue weighted by molar-refractivity contribution is -0.124. The van der Waals surface area contributed by atoms with E-state index >= 15 is 0 Å². The van der Waals surface area contributed by atoms with E-state index in [9.17, 15) is 9.18 Å². The SMILES string of the molecule is C=CCN(C(=O)C1(F)CC1)c1ccc(OC)nc1. The molecule has 1 fully saturated rings. The smallest absolute Gasteiger partial charge is 0.264 e.